The zero-order valence-electron chi connectivity index (χ0n) is 9.86. The molecule has 1 aliphatic rings. The first-order chi connectivity index (χ1) is 7.28. The van der Waals surface area contributed by atoms with E-state index in [2.05, 4.69) is 36.1 Å². The minimum atomic E-state index is 0. The van der Waals surface area contributed by atoms with Gasteiger partial charge >= 0.3 is 0 Å². The van der Waals surface area contributed by atoms with Gasteiger partial charge in [-0.2, -0.15) is 0 Å². The molecule has 3 heteroatoms. The fourth-order valence-electron chi connectivity index (χ4n) is 2.14. The van der Waals surface area contributed by atoms with E-state index in [-0.39, 0.29) is 12.4 Å². The van der Waals surface area contributed by atoms with Crippen molar-refractivity contribution in [3.05, 3.63) is 35.4 Å². The molecule has 2 rings (SSSR count). The molecule has 16 heavy (non-hydrogen) atoms. The third kappa shape index (κ3) is 3.48. The van der Waals surface area contributed by atoms with Gasteiger partial charge in [0.25, 0.3) is 0 Å². The van der Waals surface area contributed by atoms with Gasteiger partial charge in [0.15, 0.2) is 0 Å². The summed E-state index contributed by atoms with van der Waals surface area (Å²) in [5.74, 6) is 0. The van der Waals surface area contributed by atoms with Gasteiger partial charge in [-0.1, -0.05) is 31.2 Å². The highest BCUT2D eigenvalue weighted by molar-refractivity contribution is 5.85. The van der Waals surface area contributed by atoms with Crippen LogP contribution in [0.5, 0.6) is 0 Å². The number of likely N-dealkylation sites (tertiary alicyclic amines) is 1. The summed E-state index contributed by atoms with van der Waals surface area (Å²) in [4.78, 5) is 2.44. The quantitative estimate of drug-likeness (QED) is 0.878. The lowest BCUT2D eigenvalue weighted by molar-refractivity contribution is 0.327. The molecule has 1 aromatic rings. The molecule has 2 N–H and O–H groups in total. The summed E-state index contributed by atoms with van der Waals surface area (Å²) >= 11 is 0. The predicted molar refractivity (Wildman–Crippen MR) is 70.9 cm³/mol. The first-order valence-electron chi connectivity index (χ1n) is 5.83. The standard InChI is InChI=1S/C13H20N2.ClH/c1-2-11-3-5-12(6-4-11)9-15-8-7-13(14)10-15;/h3-6,13H,2,7-10,14H2,1H3;1H. The van der Waals surface area contributed by atoms with Gasteiger partial charge in [0, 0.05) is 25.7 Å². The van der Waals surface area contributed by atoms with Crippen LogP contribution in [0.2, 0.25) is 0 Å². The van der Waals surface area contributed by atoms with Crippen molar-refractivity contribution < 1.29 is 0 Å². The van der Waals surface area contributed by atoms with Crippen molar-refractivity contribution in [2.75, 3.05) is 13.1 Å². The summed E-state index contributed by atoms with van der Waals surface area (Å²) in [6.07, 6.45) is 2.27. The van der Waals surface area contributed by atoms with Crippen LogP contribution in [0.1, 0.15) is 24.5 Å². The molecule has 2 nitrogen and oxygen atoms in total. The normalized spacial score (nSPS) is 20.8. The predicted octanol–water partition coefficient (Wildman–Crippen LogP) is 2.20. The first-order valence-corrected chi connectivity index (χ1v) is 5.83. The molecule has 1 aliphatic heterocycles. The lowest BCUT2D eigenvalue weighted by Gasteiger charge is -2.15. The molecule has 1 saturated heterocycles. The van der Waals surface area contributed by atoms with Crippen LogP contribution in [0.15, 0.2) is 24.3 Å². The SMILES string of the molecule is CCc1ccc(CN2CCC(N)C2)cc1.Cl. The van der Waals surface area contributed by atoms with E-state index in [9.17, 15) is 0 Å². The fraction of sp³-hybridized carbons (Fsp3) is 0.538. The molecule has 0 aromatic heterocycles. The van der Waals surface area contributed by atoms with E-state index in [4.69, 9.17) is 5.73 Å². The minimum absolute atomic E-state index is 0. The van der Waals surface area contributed by atoms with E-state index in [1.54, 1.807) is 0 Å². The number of hydrogen-bond acceptors (Lipinski definition) is 2. The Morgan fingerprint density at radius 3 is 2.38 bits per heavy atom. The Kier molecular flexibility index (Phi) is 5.26. The van der Waals surface area contributed by atoms with Crippen LogP contribution in [0.4, 0.5) is 0 Å². The molecule has 0 radical (unpaired) electrons. The maximum atomic E-state index is 5.88. The number of aryl methyl sites for hydroxylation is 1. The average Bonchev–Trinajstić information content (AvgIpc) is 2.65. The lowest BCUT2D eigenvalue weighted by Crippen LogP contribution is -2.26. The summed E-state index contributed by atoms with van der Waals surface area (Å²) < 4.78 is 0. The molecule has 0 spiro atoms. The van der Waals surface area contributed by atoms with Gasteiger partial charge in [0.1, 0.15) is 0 Å². The molecule has 0 aliphatic carbocycles. The zero-order valence-corrected chi connectivity index (χ0v) is 10.7. The molecule has 0 amide bonds. The molecular formula is C13H21ClN2. The number of benzene rings is 1. The summed E-state index contributed by atoms with van der Waals surface area (Å²) in [6.45, 7) is 5.44. The van der Waals surface area contributed by atoms with Gasteiger partial charge in [0.2, 0.25) is 0 Å². The van der Waals surface area contributed by atoms with Crippen LogP contribution >= 0.6 is 12.4 Å². The minimum Gasteiger partial charge on any atom is -0.326 e. The van der Waals surface area contributed by atoms with Crippen LogP contribution in [-0.2, 0) is 13.0 Å². The Balaban J connectivity index is 0.00000128. The maximum absolute atomic E-state index is 5.88. The van der Waals surface area contributed by atoms with Crippen molar-refractivity contribution in [2.24, 2.45) is 5.73 Å². The highest BCUT2D eigenvalue weighted by atomic mass is 35.5. The molecule has 1 aromatic carbocycles. The van der Waals surface area contributed by atoms with Gasteiger partial charge in [-0.3, -0.25) is 4.90 Å². The highest BCUT2D eigenvalue weighted by Crippen LogP contribution is 2.13. The van der Waals surface area contributed by atoms with Crippen LogP contribution in [-0.4, -0.2) is 24.0 Å². The van der Waals surface area contributed by atoms with Gasteiger partial charge in [-0.05, 0) is 24.0 Å². The zero-order chi connectivity index (χ0) is 10.7. The van der Waals surface area contributed by atoms with Gasteiger partial charge < -0.3 is 5.73 Å². The molecule has 1 heterocycles. The maximum Gasteiger partial charge on any atom is 0.0234 e. The van der Waals surface area contributed by atoms with Crippen LogP contribution in [0.3, 0.4) is 0 Å². The third-order valence-electron chi connectivity index (χ3n) is 3.15. The average molecular weight is 241 g/mol. The number of halogens is 1. The molecule has 90 valence electrons. The van der Waals surface area contributed by atoms with E-state index in [0.29, 0.717) is 6.04 Å². The second kappa shape index (κ2) is 6.24. The molecule has 1 fully saturated rings. The van der Waals surface area contributed by atoms with Crippen molar-refractivity contribution in [1.29, 1.82) is 0 Å². The highest BCUT2D eigenvalue weighted by Gasteiger charge is 2.18. The van der Waals surface area contributed by atoms with Gasteiger partial charge in [-0.15, -0.1) is 12.4 Å². The second-order valence-corrected chi connectivity index (χ2v) is 4.45. The lowest BCUT2D eigenvalue weighted by atomic mass is 10.1. The molecule has 1 unspecified atom stereocenters. The summed E-state index contributed by atoms with van der Waals surface area (Å²) in [7, 11) is 0. The summed E-state index contributed by atoms with van der Waals surface area (Å²) in [5, 5.41) is 0. The van der Waals surface area contributed by atoms with E-state index in [1.807, 2.05) is 0 Å². The fourth-order valence-corrected chi connectivity index (χ4v) is 2.14. The van der Waals surface area contributed by atoms with E-state index < -0.39 is 0 Å². The molecular weight excluding hydrogens is 220 g/mol. The van der Waals surface area contributed by atoms with E-state index in [0.717, 1.165) is 32.5 Å². The Bertz CT molecular complexity index is 310. The van der Waals surface area contributed by atoms with E-state index >= 15 is 0 Å². The largest absolute Gasteiger partial charge is 0.326 e. The van der Waals surface area contributed by atoms with Crippen molar-refractivity contribution in [2.45, 2.75) is 32.4 Å². The number of nitrogens with zero attached hydrogens (tertiary/aromatic N) is 1. The third-order valence-corrected chi connectivity index (χ3v) is 3.15. The van der Waals surface area contributed by atoms with Crippen molar-refractivity contribution in [3.63, 3.8) is 0 Å². The second-order valence-electron chi connectivity index (χ2n) is 4.45. The number of hydrogen-bond donors (Lipinski definition) is 1. The Hall–Kier alpha value is -0.570. The van der Waals surface area contributed by atoms with Crippen LogP contribution in [0.25, 0.3) is 0 Å². The van der Waals surface area contributed by atoms with Crippen molar-refractivity contribution >= 4 is 12.4 Å². The number of rotatable bonds is 3. The smallest absolute Gasteiger partial charge is 0.0234 e. The Morgan fingerprint density at radius 2 is 1.88 bits per heavy atom. The van der Waals surface area contributed by atoms with Crippen LogP contribution < -0.4 is 5.73 Å². The number of nitrogens with two attached hydrogens (primary N) is 1. The Morgan fingerprint density at radius 1 is 1.25 bits per heavy atom. The van der Waals surface area contributed by atoms with Crippen molar-refractivity contribution in [3.8, 4) is 0 Å². The molecule has 1 atom stereocenters. The summed E-state index contributed by atoms with van der Waals surface area (Å²) in [5.41, 5.74) is 8.70. The topological polar surface area (TPSA) is 29.3 Å². The van der Waals surface area contributed by atoms with Gasteiger partial charge in [0.05, 0.1) is 0 Å². The monoisotopic (exact) mass is 240 g/mol. The molecule has 0 saturated carbocycles. The Labute approximate surface area is 104 Å². The van der Waals surface area contributed by atoms with Gasteiger partial charge in [-0.25, -0.2) is 0 Å². The van der Waals surface area contributed by atoms with Crippen LogP contribution in [0, 0.1) is 0 Å². The van der Waals surface area contributed by atoms with E-state index in [1.165, 1.54) is 11.1 Å². The van der Waals surface area contributed by atoms with Crippen molar-refractivity contribution in [1.82, 2.24) is 4.90 Å². The molecule has 0 bridgehead atoms. The first kappa shape index (κ1) is 13.5. The summed E-state index contributed by atoms with van der Waals surface area (Å²) in [6, 6.07) is 9.32.